The molecule has 1 saturated heterocycles. The summed E-state index contributed by atoms with van der Waals surface area (Å²) in [5.41, 5.74) is 1.89. The number of carboxylic acid groups (broad SMARTS) is 2. The number of carbonyl (C=O) groups excluding carboxylic acids is 1. The first-order valence-corrected chi connectivity index (χ1v) is 15.0. The summed E-state index contributed by atoms with van der Waals surface area (Å²) in [4.78, 5) is 37.6. The Labute approximate surface area is 274 Å². The molecule has 0 bridgehead atoms. The fraction of sp³-hybridized carbons (Fsp3) is 0.500. The Morgan fingerprint density at radius 1 is 0.958 bits per heavy atom. The molecule has 264 valence electrons. The lowest BCUT2D eigenvalue weighted by Gasteiger charge is -2.33. The van der Waals surface area contributed by atoms with E-state index in [1.54, 1.807) is 32.0 Å². The number of amidine groups is 1. The van der Waals surface area contributed by atoms with Crippen LogP contribution in [-0.4, -0.2) is 97.5 Å². The molecule has 0 saturated carbocycles. The number of ketones is 1. The zero-order valence-corrected chi connectivity index (χ0v) is 27.3. The van der Waals surface area contributed by atoms with Gasteiger partial charge >= 0.3 is 18.1 Å². The number of halogens is 4. The number of carbonyl (C=O) groups is 3. The highest BCUT2D eigenvalue weighted by atomic mass is 19.4. The fourth-order valence-electron chi connectivity index (χ4n) is 5.08. The standard InChI is InChI=1S/C30H38FN3O7.C2HF3O2/c1-6-39-23-14-19-15-34(29(32)25(19)26(31)28(23)40-7-2)16-22(35)18-12-20(30(3,4)5)27(41-17-24(36)37)21(13-18)33-8-10-38-11-9-33;3-2(4,5)1(6)7/h12-14,32H,6-11,15-17H2,1-5H3,(H,36,37);(H,6,7). The zero-order chi connectivity index (χ0) is 36.0. The summed E-state index contributed by atoms with van der Waals surface area (Å²) in [6.07, 6.45) is -5.08. The van der Waals surface area contributed by atoms with Gasteiger partial charge in [-0.3, -0.25) is 10.2 Å². The van der Waals surface area contributed by atoms with E-state index in [1.807, 2.05) is 25.7 Å². The number of hydrogen-bond donors (Lipinski definition) is 3. The molecule has 0 radical (unpaired) electrons. The van der Waals surface area contributed by atoms with Crippen LogP contribution < -0.4 is 19.1 Å². The van der Waals surface area contributed by atoms with Crippen LogP contribution in [0, 0.1) is 11.2 Å². The van der Waals surface area contributed by atoms with E-state index in [1.165, 1.54) is 4.90 Å². The van der Waals surface area contributed by atoms with Crippen LogP contribution in [0.1, 0.15) is 61.7 Å². The van der Waals surface area contributed by atoms with Crippen molar-refractivity contribution in [3.63, 3.8) is 0 Å². The van der Waals surface area contributed by atoms with Gasteiger partial charge in [0.2, 0.25) is 0 Å². The first-order chi connectivity index (χ1) is 22.4. The van der Waals surface area contributed by atoms with Gasteiger partial charge in [0.25, 0.3) is 0 Å². The minimum atomic E-state index is -5.08. The minimum Gasteiger partial charge on any atom is -0.490 e. The lowest BCUT2D eigenvalue weighted by Crippen LogP contribution is -2.37. The maximum atomic E-state index is 15.5. The van der Waals surface area contributed by atoms with E-state index >= 15 is 4.39 Å². The third kappa shape index (κ3) is 9.05. The molecule has 12 nitrogen and oxygen atoms in total. The summed E-state index contributed by atoms with van der Waals surface area (Å²) < 4.78 is 69.7. The van der Waals surface area contributed by atoms with Crippen LogP contribution in [0.5, 0.6) is 17.2 Å². The van der Waals surface area contributed by atoms with Crippen molar-refractivity contribution < 1.29 is 61.1 Å². The number of alkyl halides is 3. The summed E-state index contributed by atoms with van der Waals surface area (Å²) in [5.74, 6) is -4.22. The third-order valence-corrected chi connectivity index (χ3v) is 7.24. The van der Waals surface area contributed by atoms with Gasteiger partial charge in [0, 0.05) is 30.8 Å². The first-order valence-electron chi connectivity index (χ1n) is 15.0. The Morgan fingerprint density at radius 2 is 1.56 bits per heavy atom. The average molecular weight is 686 g/mol. The molecular formula is C32H39F4N3O9. The number of anilines is 1. The van der Waals surface area contributed by atoms with Crippen LogP contribution in [0.2, 0.25) is 0 Å². The monoisotopic (exact) mass is 685 g/mol. The second kappa shape index (κ2) is 15.5. The molecule has 3 N–H and O–H groups in total. The van der Waals surface area contributed by atoms with Crippen LogP contribution in [0.3, 0.4) is 0 Å². The van der Waals surface area contributed by atoms with Crippen LogP contribution in [0.25, 0.3) is 0 Å². The molecule has 2 aromatic carbocycles. The summed E-state index contributed by atoms with van der Waals surface area (Å²) in [5, 5.41) is 25.1. The van der Waals surface area contributed by atoms with E-state index in [2.05, 4.69) is 0 Å². The fourth-order valence-corrected chi connectivity index (χ4v) is 5.08. The molecule has 16 heteroatoms. The Bertz CT molecular complexity index is 1530. The number of aliphatic carboxylic acids is 2. The van der Waals surface area contributed by atoms with Crippen molar-refractivity contribution in [3.05, 3.63) is 46.3 Å². The Morgan fingerprint density at radius 3 is 2.08 bits per heavy atom. The first kappa shape index (κ1) is 37.9. The minimum absolute atomic E-state index is 0.0343. The summed E-state index contributed by atoms with van der Waals surface area (Å²) in [6, 6.07) is 5.12. The molecule has 0 unspecified atom stereocenters. The largest absolute Gasteiger partial charge is 0.490 e. The lowest BCUT2D eigenvalue weighted by atomic mass is 9.84. The predicted octanol–water partition coefficient (Wildman–Crippen LogP) is 4.88. The number of ether oxygens (including phenoxy) is 4. The molecule has 2 aromatic rings. The SMILES string of the molecule is CCOc1cc2c(c(F)c1OCC)C(=N)N(CC(=O)c1cc(N3CCOCC3)c(OCC(=O)O)c(C(C)(C)C)c1)C2.O=C(O)C(F)(F)F. The van der Waals surface area contributed by atoms with Crippen LogP contribution in [-0.2, 0) is 26.3 Å². The molecule has 1 fully saturated rings. The van der Waals surface area contributed by atoms with Gasteiger partial charge in [0.05, 0.1) is 44.2 Å². The normalized spacial score (nSPS) is 14.6. The number of morpholine rings is 1. The second-order valence-corrected chi connectivity index (χ2v) is 11.8. The van der Waals surface area contributed by atoms with Gasteiger partial charge in [-0.15, -0.1) is 0 Å². The van der Waals surface area contributed by atoms with Gasteiger partial charge in [0.1, 0.15) is 11.6 Å². The van der Waals surface area contributed by atoms with Gasteiger partial charge in [0.15, 0.2) is 29.7 Å². The Hall–Kier alpha value is -4.60. The van der Waals surface area contributed by atoms with Gasteiger partial charge in [-0.1, -0.05) is 20.8 Å². The number of fused-ring (bicyclic) bond motifs is 1. The van der Waals surface area contributed by atoms with Gasteiger partial charge < -0.3 is 39.0 Å². The number of benzene rings is 2. The van der Waals surface area contributed by atoms with E-state index in [4.69, 9.17) is 34.3 Å². The van der Waals surface area contributed by atoms with E-state index in [0.29, 0.717) is 61.0 Å². The third-order valence-electron chi connectivity index (χ3n) is 7.24. The van der Waals surface area contributed by atoms with Crippen LogP contribution >= 0.6 is 0 Å². The van der Waals surface area contributed by atoms with E-state index in [9.17, 15) is 27.9 Å². The number of hydrogen-bond acceptors (Lipinski definition) is 9. The second-order valence-electron chi connectivity index (χ2n) is 11.8. The van der Waals surface area contributed by atoms with E-state index in [0.717, 1.165) is 0 Å². The van der Waals surface area contributed by atoms with Crippen molar-refractivity contribution in [2.75, 3.05) is 57.6 Å². The van der Waals surface area contributed by atoms with Crippen LogP contribution in [0.15, 0.2) is 18.2 Å². The molecule has 48 heavy (non-hydrogen) atoms. The average Bonchev–Trinajstić information content (AvgIpc) is 3.31. The smallest absolute Gasteiger partial charge is 0.490 e. The highest BCUT2D eigenvalue weighted by molar-refractivity contribution is 6.06. The zero-order valence-electron chi connectivity index (χ0n) is 27.3. The molecule has 4 rings (SSSR count). The Balaban J connectivity index is 0.000000804. The Kier molecular flexibility index (Phi) is 12.2. The van der Waals surface area contributed by atoms with Gasteiger partial charge in [-0.25, -0.2) is 14.0 Å². The number of nitrogens with one attached hydrogen (secondary N) is 1. The highest BCUT2D eigenvalue weighted by Gasteiger charge is 2.38. The molecule has 0 amide bonds. The molecule has 2 aliphatic rings. The molecule has 2 heterocycles. The van der Waals surface area contributed by atoms with Crippen molar-refractivity contribution in [2.24, 2.45) is 0 Å². The van der Waals surface area contributed by atoms with Crippen molar-refractivity contribution in [1.82, 2.24) is 4.90 Å². The molecule has 0 spiro atoms. The van der Waals surface area contributed by atoms with Crippen molar-refractivity contribution >= 4 is 29.2 Å². The molecular weight excluding hydrogens is 646 g/mol. The molecule has 0 aliphatic carbocycles. The molecule has 0 atom stereocenters. The molecule has 0 aromatic heterocycles. The van der Waals surface area contributed by atoms with Crippen molar-refractivity contribution in [3.8, 4) is 17.2 Å². The molecule has 2 aliphatic heterocycles. The predicted molar refractivity (Wildman–Crippen MR) is 165 cm³/mol. The number of rotatable bonds is 11. The number of carboxylic acids is 2. The lowest BCUT2D eigenvalue weighted by molar-refractivity contribution is -0.192. The quantitative estimate of drug-likeness (QED) is 0.219. The maximum Gasteiger partial charge on any atom is 0.490 e. The van der Waals surface area contributed by atoms with Crippen molar-refractivity contribution in [1.29, 1.82) is 5.41 Å². The highest BCUT2D eigenvalue weighted by Crippen LogP contribution is 2.42. The van der Waals surface area contributed by atoms with Gasteiger partial charge in [-0.05, 0) is 43.0 Å². The maximum absolute atomic E-state index is 15.5. The summed E-state index contributed by atoms with van der Waals surface area (Å²) in [6.45, 7) is 11.6. The van der Waals surface area contributed by atoms with E-state index < -0.39 is 36.0 Å². The van der Waals surface area contributed by atoms with Gasteiger partial charge in [-0.2, -0.15) is 13.2 Å². The summed E-state index contributed by atoms with van der Waals surface area (Å²) >= 11 is 0. The van der Waals surface area contributed by atoms with Crippen molar-refractivity contribution in [2.45, 2.75) is 52.8 Å². The number of nitrogens with zero attached hydrogens (tertiary/aromatic N) is 2. The topological polar surface area (TPSA) is 159 Å². The van der Waals surface area contributed by atoms with E-state index in [-0.39, 0.29) is 48.4 Å². The summed E-state index contributed by atoms with van der Waals surface area (Å²) in [7, 11) is 0. The number of Topliss-reactive ketones (excluding diaryl/α,β-unsaturated/α-hetero) is 1. The van der Waals surface area contributed by atoms with Crippen LogP contribution in [0.4, 0.5) is 23.2 Å².